The minimum Gasteiger partial charge on any atom is -0.383 e. The molecule has 1 aromatic rings. The highest BCUT2D eigenvalue weighted by molar-refractivity contribution is 9.10. The normalized spacial score (nSPS) is 13.2. The molecule has 5 heteroatoms. The van der Waals surface area contributed by atoms with Crippen LogP contribution in [-0.4, -0.2) is 30.5 Å². The summed E-state index contributed by atoms with van der Waals surface area (Å²) in [4.78, 5) is 0. The van der Waals surface area contributed by atoms with Gasteiger partial charge >= 0.3 is 0 Å². The first kappa shape index (κ1) is 15.7. The Balaban J connectivity index is 2.99. The fraction of sp³-hybridized carbons (Fsp3) is 0.769. The van der Waals surface area contributed by atoms with Gasteiger partial charge in [0.15, 0.2) is 0 Å². The summed E-state index contributed by atoms with van der Waals surface area (Å²) in [6.07, 6.45) is 4.19. The molecule has 0 saturated carbocycles. The maximum absolute atomic E-state index is 5.14. The van der Waals surface area contributed by atoms with E-state index < -0.39 is 0 Å². The van der Waals surface area contributed by atoms with Gasteiger partial charge in [0.2, 0.25) is 0 Å². The van der Waals surface area contributed by atoms with Crippen molar-refractivity contribution >= 4 is 15.9 Å². The lowest BCUT2D eigenvalue weighted by atomic mass is 9.92. The Kier molecular flexibility index (Phi) is 6.89. The van der Waals surface area contributed by atoms with Crippen LogP contribution in [0.15, 0.2) is 10.7 Å². The topological polar surface area (TPSA) is 39.1 Å². The molecule has 0 radical (unpaired) electrons. The number of ether oxygens (including phenoxy) is 1. The standard InChI is InChI=1S/C13H24BrN3O/c1-5-10(6-2)12(15-3)13-11(14)9-16-17(13)7-8-18-4/h9-10,12,15H,5-8H2,1-4H3. The quantitative estimate of drug-likeness (QED) is 0.801. The average Bonchev–Trinajstić information content (AvgIpc) is 2.74. The van der Waals surface area contributed by atoms with Crippen LogP contribution in [0.2, 0.25) is 0 Å². The third-order valence-corrected chi connectivity index (χ3v) is 4.08. The zero-order valence-electron chi connectivity index (χ0n) is 11.7. The summed E-state index contributed by atoms with van der Waals surface area (Å²) in [5.74, 6) is 0.615. The smallest absolute Gasteiger partial charge is 0.0699 e. The van der Waals surface area contributed by atoms with Gasteiger partial charge in [-0.1, -0.05) is 26.7 Å². The number of halogens is 1. The molecule has 0 fully saturated rings. The van der Waals surface area contributed by atoms with Gasteiger partial charge in [-0.15, -0.1) is 0 Å². The molecule has 1 N–H and O–H groups in total. The number of nitrogens with zero attached hydrogens (tertiary/aromatic N) is 2. The molecule has 0 aromatic carbocycles. The molecule has 104 valence electrons. The van der Waals surface area contributed by atoms with Gasteiger partial charge in [-0.05, 0) is 28.9 Å². The van der Waals surface area contributed by atoms with Crippen LogP contribution in [0.4, 0.5) is 0 Å². The number of hydrogen-bond acceptors (Lipinski definition) is 3. The second-order valence-corrected chi connectivity index (χ2v) is 5.29. The minimum atomic E-state index is 0.328. The third kappa shape index (κ3) is 3.56. The van der Waals surface area contributed by atoms with Crippen molar-refractivity contribution in [3.8, 4) is 0 Å². The Morgan fingerprint density at radius 1 is 1.44 bits per heavy atom. The van der Waals surface area contributed by atoms with Gasteiger partial charge < -0.3 is 10.1 Å². The van der Waals surface area contributed by atoms with Crippen LogP contribution in [0.1, 0.15) is 38.4 Å². The molecular weight excluding hydrogens is 294 g/mol. The summed E-state index contributed by atoms with van der Waals surface area (Å²) >= 11 is 3.61. The summed E-state index contributed by atoms with van der Waals surface area (Å²) in [6, 6.07) is 0.328. The van der Waals surface area contributed by atoms with E-state index in [2.05, 4.69) is 40.2 Å². The highest BCUT2D eigenvalue weighted by Crippen LogP contribution is 2.31. The first-order valence-corrected chi connectivity index (χ1v) is 7.36. The van der Waals surface area contributed by atoms with Crippen molar-refractivity contribution in [1.82, 2.24) is 15.1 Å². The van der Waals surface area contributed by atoms with E-state index >= 15 is 0 Å². The molecule has 18 heavy (non-hydrogen) atoms. The van der Waals surface area contributed by atoms with Gasteiger partial charge in [0, 0.05) is 7.11 Å². The molecule has 1 aromatic heterocycles. The Hall–Kier alpha value is -0.390. The van der Waals surface area contributed by atoms with Crippen molar-refractivity contribution in [3.05, 3.63) is 16.4 Å². The van der Waals surface area contributed by atoms with Crippen LogP contribution in [0.3, 0.4) is 0 Å². The van der Waals surface area contributed by atoms with E-state index in [1.165, 1.54) is 5.69 Å². The van der Waals surface area contributed by atoms with Crippen molar-refractivity contribution in [2.45, 2.75) is 39.3 Å². The van der Waals surface area contributed by atoms with Crippen LogP contribution < -0.4 is 5.32 Å². The molecule has 4 nitrogen and oxygen atoms in total. The highest BCUT2D eigenvalue weighted by atomic mass is 79.9. The second-order valence-electron chi connectivity index (χ2n) is 4.44. The Labute approximate surface area is 118 Å². The van der Waals surface area contributed by atoms with Crippen molar-refractivity contribution in [1.29, 1.82) is 0 Å². The first-order chi connectivity index (χ1) is 8.69. The molecule has 0 spiro atoms. The van der Waals surface area contributed by atoms with E-state index in [0.717, 1.165) is 23.9 Å². The lowest BCUT2D eigenvalue weighted by Crippen LogP contribution is -2.28. The maximum Gasteiger partial charge on any atom is 0.0699 e. The molecule has 0 saturated heterocycles. The van der Waals surface area contributed by atoms with Gasteiger partial charge in [-0.2, -0.15) is 5.10 Å². The van der Waals surface area contributed by atoms with Crippen molar-refractivity contribution in [2.75, 3.05) is 20.8 Å². The summed E-state index contributed by atoms with van der Waals surface area (Å²) in [7, 11) is 3.73. The highest BCUT2D eigenvalue weighted by Gasteiger charge is 2.24. The summed E-state index contributed by atoms with van der Waals surface area (Å²) < 4.78 is 8.25. The van der Waals surface area contributed by atoms with Gasteiger partial charge in [-0.3, -0.25) is 4.68 Å². The van der Waals surface area contributed by atoms with E-state index in [0.29, 0.717) is 18.6 Å². The molecule has 0 bridgehead atoms. The molecule has 0 aliphatic carbocycles. The lowest BCUT2D eigenvalue weighted by molar-refractivity contribution is 0.180. The predicted molar refractivity (Wildman–Crippen MR) is 77.7 cm³/mol. The van der Waals surface area contributed by atoms with Crippen LogP contribution in [0.5, 0.6) is 0 Å². The van der Waals surface area contributed by atoms with Crippen LogP contribution in [0, 0.1) is 5.92 Å². The minimum absolute atomic E-state index is 0.328. The molecular formula is C13H24BrN3O. The molecule has 0 aliphatic heterocycles. The van der Waals surface area contributed by atoms with Crippen molar-refractivity contribution in [2.24, 2.45) is 5.92 Å². The number of methoxy groups -OCH3 is 1. The second kappa shape index (κ2) is 7.92. The lowest BCUT2D eigenvalue weighted by Gasteiger charge is -2.26. The Morgan fingerprint density at radius 3 is 2.61 bits per heavy atom. The average molecular weight is 318 g/mol. The molecule has 0 amide bonds. The van der Waals surface area contributed by atoms with E-state index in [1.54, 1.807) is 7.11 Å². The SMILES string of the molecule is CCC(CC)C(NC)c1c(Br)cnn1CCOC. The monoisotopic (exact) mass is 317 g/mol. The molecule has 1 rings (SSSR count). The number of aromatic nitrogens is 2. The van der Waals surface area contributed by atoms with Gasteiger partial charge in [0.1, 0.15) is 0 Å². The van der Waals surface area contributed by atoms with E-state index in [9.17, 15) is 0 Å². The summed E-state index contributed by atoms with van der Waals surface area (Å²) in [5.41, 5.74) is 1.23. The zero-order valence-corrected chi connectivity index (χ0v) is 13.3. The van der Waals surface area contributed by atoms with Crippen LogP contribution >= 0.6 is 15.9 Å². The molecule has 1 atom stereocenters. The maximum atomic E-state index is 5.14. The van der Waals surface area contributed by atoms with Crippen molar-refractivity contribution < 1.29 is 4.74 Å². The van der Waals surface area contributed by atoms with Gasteiger partial charge in [0.25, 0.3) is 0 Å². The van der Waals surface area contributed by atoms with E-state index in [-0.39, 0.29) is 0 Å². The van der Waals surface area contributed by atoms with Crippen LogP contribution in [0.25, 0.3) is 0 Å². The predicted octanol–water partition coefficient (Wildman–Crippen LogP) is 2.99. The molecule has 1 heterocycles. The summed E-state index contributed by atoms with van der Waals surface area (Å²) in [6.45, 7) is 5.95. The largest absolute Gasteiger partial charge is 0.383 e. The van der Waals surface area contributed by atoms with Gasteiger partial charge in [0.05, 0.1) is 35.6 Å². The van der Waals surface area contributed by atoms with Crippen LogP contribution in [-0.2, 0) is 11.3 Å². The van der Waals surface area contributed by atoms with E-state index in [1.807, 2.05) is 17.9 Å². The van der Waals surface area contributed by atoms with Gasteiger partial charge in [-0.25, -0.2) is 0 Å². The Morgan fingerprint density at radius 2 is 2.11 bits per heavy atom. The first-order valence-electron chi connectivity index (χ1n) is 6.56. The number of rotatable bonds is 8. The third-order valence-electron chi connectivity index (χ3n) is 3.47. The van der Waals surface area contributed by atoms with E-state index in [4.69, 9.17) is 4.74 Å². The fourth-order valence-corrected chi connectivity index (χ4v) is 2.94. The fourth-order valence-electron chi connectivity index (χ4n) is 2.39. The molecule has 1 unspecified atom stereocenters. The Bertz CT molecular complexity index is 350. The summed E-state index contributed by atoms with van der Waals surface area (Å²) in [5, 5.41) is 7.86. The number of hydrogen-bond donors (Lipinski definition) is 1. The zero-order chi connectivity index (χ0) is 13.5. The molecule has 0 aliphatic rings. The van der Waals surface area contributed by atoms with Crippen molar-refractivity contribution in [3.63, 3.8) is 0 Å². The number of nitrogens with one attached hydrogen (secondary N) is 1.